The number of rotatable bonds is 3. The molecule has 110 valence electrons. The molecule has 0 N–H and O–H groups in total. The van der Waals surface area contributed by atoms with Gasteiger partial charge in [-0.1, -0.05) is 25.2 Å². The Morgan fingerprint density at radius 1 is 1.18 bits per heavy atom. The van der Waals surface area contributed by atoms with E-state index in [1.165, 1.54) is 11.3 Å². The van der Waals surface area contributed by atoms with Crippen LogP contribution in [0.1, 0.15) is 25.6 Å². The minimum absolute atomic E-state index is 0.284. The van der Waals surface area contributed by atoms with Crippen LogP contribution < -0.4 is 0 Å². The van der Waals surface area contributed by atoms with Gasteiger partial charge in [0.15, 0.2) is 5.82 Å². The van der Waals surface area contributed by atoms with Crippen LogP contribution in [-0.2, 0) is 0 Å². The summed E-state index contributed by atoms with van der Waals surface area (Å²) in [6, 6.07) is 3.95. The Morgan fingerprint density at radius 2 is 2.09 bits per heavy atom. The number of nitrogens with zero attached hydrogens (tertiary/aromatic N) is 7. The number of pyridine rings is 1. The van der Waals surface area contributed by atoms with Crippen LogP contribution in [0.2, 0.25) is 0 Å². The van der Waals surface area contributed by atoms with Gasteiger partial charge in [0, 0.05) is 30.1 Å². The van der Waals surface area contributed by atoms with E-state index in [1.54, 1.807) is 12.5 Å². The molecule has 22 heavy (non-hydrogen) atoms. The van der Waals surface area contributed by atoms with Gasteiger partial charge >= 0.3 is 0 Å². The summed E-state index contributed by atoms with van der Waals surface area (Å²) < 4.78 is 3.67. The van der Waals surface area contributed by atoms with E-state index in [0.717, 1.165) is 27.2 Å². The van der Waals surface area contributed by atoms with E-state index in [2.05, 4.69) is 39.1 Å². The van der Waals surface area contributed by atoms with Gasteiger partial charge in [-0.3, -0.25) is 4.57 Å². The van der Waals surface area contributed by atoms with Crippen molar-refractivity contribution >= 4 is 16.3 Å². The first-order valence-electron chi connectivity index (χ1n) is 6.89. The van der Waals surface area contributed by atoms with E-state index in [-0.39, 0.29) is 5.92 Å². The fraction of sp³-hybridized carbons (Fsp3) is 0.214. The fourth-order valence-electron chi connectivity index (χ4n) is 2.17. The van der Waals surface area contributed by atoms with Gasteiger partial charge in [-0.2, -0.15) is 9.61 Å². The molecule has 4 heterocycles. The summed E-state index contributed by atoms with van der Waals surface area (Å²) in [5.41, 5.74) is 0.967. The van der Waals surface area contributed by atoms with Crippen molar-refractivity contribution in [2.75, 3.05) is 0 Å². The summed E-state index contributed by atoms with van der Waals surface area (Å²) in [4.78, 5) is 9.28. The van der Waals surface area contributed by atoms with Crippen molar-refractivity contribution < 1.29 is 0 Å². The molecular formula is C14H13N7S. The van der Waals surface area contributed by atoms with Crippen LogP contribution in [0.3, 0.4) is 0 Å². The van der Waals surface area contributed by atoms with Crippen LogP contribution in [-0.4, -0.2) is 34.3 Å². The first kappa shape index (κ1) is 13.1. The Morgan fingerprint density at radius 3 is 2.77 bits per heavy atom. The molecule has 0 radical (unpaired) electrons. The molecule has 4 aromatic rings. The van der Waals surface area contributed by atoms with Gasteiger partial charge in [0.25, 0.3) is 0 Å². The van der Waals surface area contributed by atoms with Gasteiger partial charge in [0.2, 0.25) is 4.96 Å². The van der Waals surface area contributed by atoms with Crippen molar-refractivity contribution in [2.24, 2.45) is 0 Å². The lowest BCUT2D eigenvalue weighted by Gasteiger charge is -2.01. The molecule has 0 amide bonds. The summed E-state index contributed by atoms with van der Waals surface area (Å²) >= 11 is 1.51. The molecule has 0 aromatic carbocycles. The van der Waals surface area contributed by atoms with Crippen molar-refractivity contribution in [3.05, 3.63) is 42.9 Å². The molecule has 4 aromatic heterocycles. The van der Waals surface area contributed by atoms with Crippen molar-refractivity contribution in [1.82, 2.24) is 34.3 Å². The minimum Gasteiger partial charge on any atom is -0.291 e. The summed E-state index contributed by atoms with van der Waals surface area (Å²) in [5, 5.41) is 13.8. The first-order chi connectivity index (χ1) is 10.7. The highest BCUT2D eigenvalue weighted by Gasteiger charge is 2.15. The second-order valence-electron chi connectivity index (χ2n) is 5.19. The van der Waals surface area contributed by atoms with Crippen LogP contribution >= 0.6 is 11.3 Å². The summed E-state index contributed by atoms with van der Waals surface area (Å²) in [6.07, 6.45) is 7.13. The Labute approximate surface area is 130 Å². The number of hydrogen-bond acceptors (Lipinski definition) is 6. The zero-order valence-electron chi connectivity index (χ0n) is 12.1. The van der Waals surface area contributed by atoms with E-state index in [1.807, 2.05) is 33.6 Å². The summed E-state index contributed by atoms with van der Waals surface area (Å²) in [5.74, 6) is 1.99. The molecule has 7 nitrogen and oxygen atoms in total. The molecule has 0 saturated heterocycles. The van der Waals surface area contributed by atoms with E-state index in [4.69, 9.17) is 0 Å². The van der Waals surface area contributed by atoms with Crippen LogP contribution in [0, 0.1) is 0 Å². The average Bonchev–Trinajstić information content (AvgIpc) is 3.23. The number of imidazole rings is 1. The third-order valence-electron chi connectivity index (χ3n) is 3.30. The lowest BCUT2D eigenvalue weighted by Crippen LogP contribution is -1.98. The van der Waals surface area contributed by atoms with Crippen LogP contribution in [0.5, 0.6) is 0 Å². The molecule has 0 bridgehead atoms. The SMILES string of the molecule is CC(C)c1nnc2sc(-c3ccc(-n4ccnc4)nc3)nn12. The third kappa shape index (κ3) is 2.08. The molecule has 0 unspecified atom stereocenters. The lowest BCUT2D eigenvalue weighted by atomic mass is 10.2. The zero-order valence-corrected chi connectivity index (χ0v) is 12.9. The van der Waals surface area contributed by atoms with Gasteiger partial charge in [0.05, 0.1) is 0 Å². The molecule has 8 heteroatoms. The standard InChI is InChI=1S/C14H13N7S/c1-9(2)12-17-18-14-21(12)19-13(22-14)10-3-4-11(16-7-10)20-6-5-15-8-20/h3-9H,1-2H3. The second-order valence-corrected chi connectivity index (χ2v) is 6.15. The van der Waals surface area contributed by atoms with Crippen molar-refractivity contribution in [3.63, 3.8) is 0 Å². The van der Waals surface area contributed by atoms with Crippen LogP contribution in [0.25, 0.3) is 21.3 Å². The topological polar surface area (TPSA) is 73.8 Å². The Bertz CT molecular complexity index is 903. The van der Waals surface area contributed by atoms with Crippen LogP contribution in [0.15, 0.2) is 37.1 Å². The molecule has 0 aliphatic heterocycles. The summed E-state index contributed by atoms with van der Waals surface area (Å²) in [7, 11) is 0. The van der Waals surface area contributed by atoms with Gasteiger partial charge in [-0.15, -0.1) is 10.2 Å². The second kappa shape index (κ2) is 4.99. The van der Waals surface area contributed by atoms with Crippen LogP contribution in [0.4, 0.5) is 0 Å². The molecule has 0 fully saturated rings. The molecule has 0 spiro atoms. The first-order valence-corrected chi connectivity index (χ1v) is 7.71. The maximum absolute atomic E-state index is 4.61. The monoisotopic (exact) mass is 311 g/mol. The van der Waals surface area contributed by atoms with E-state index >= 15 is 0 Å². The Kier molecular flexibility index (Phi) is 2.97. The van der Waals surface area contributed by atoms with E-state index in [9.17, 15) is 0 Å². The van der Waals surface area contributed by atoms with Crippen molar-refractivity contribution in [2.45, 2.75) is 19.8 Å². The normalized spacial score (nSPS) is 11.6. The number of hydrogen-bond donors (Lipinski definition) is 0. The van der Waals surface area contributed by atoms with Gasteiger partial charge < -0.3 is 0 Å². The number of aromatic nitrogens is 7. The highest BCUT2D eigenvalue weighted by molar-refractivity contribution is 7.19. The molecule has 4 rings (SSSR count). The number of fused-ring (bicyclic) bond motifs is 1. The predicted octanol–water partition coefficient (Wildman–Crippen LogP) is 2.56. The highest BCUT2D eigenvalue weighted by Crippen LogP contribution is 2.26. The van der Waals surface area contributed by atoms with Gasteiger partial charge in [0.1, 0.15) is 17.2 Å². The average molecular weight is 311 g/mol. The largest absolute Gasteiger partial charge is 0.291 e. The maximum Gasteiger partial charge on any atom is 0.234 e. The van der Waals surface area contributed by atoms with Gasteiger partial charge in [-0.25, -0.2) is 9.97 Å². The highest BCUT2D eigenvalue weighted by atomic mass is 32.1. The Hall–Kier alpha value is -2.61. The zero-order chi connectivity index (χ0) is 15.1. The van der Waals surface area contributed by atoms with E-state index in [0.29, 0.717) is 0 Å². The van der Waals surface area contributed by atoms with Crippen molar-refractivity contribution in [3.8, 4) is 16.4 Å². The van der Waals surface area contributed by atoms with E-state index < -0.39 is 0 Å². The molecule has 0 saturated carbocycles. The molecule has 0 atom stereocenters. The Balaban J connectivity index is 1.72. The quantitative estimate of drug-likeness (QED) is 0.581. The molecule has 0 aliphatic carbocycles. The summed E-state index contributed by atoms with van der Waals surface area (Å²) in [6.45, 7) is 4.16. The van der Waals surface area contributed by atoms with Crippen molar-refractivity contribution in [1.29, 1.82) is 0 Å². The smallest absolute Gasteiger partial charge is 0.234 e. The lowest BCUT2D eigenvalue weighted by molar-refractivity contribution is 0.727. The maximum atomic E-state index is 4.61. The predicted molar refractivity (Wildman–Crippen MR) is 83.1 cm³/mol. The third-order valence-corrected chi connectivity index (χ3v) is 4.24. The molecule has 0 aliphatic rings. The van der Waals surface area contributed by atoms with Gasteiger partial charge in [-0.05, 0) is 12.1 Å². The fourth-order valence-corrected chi connectivity index (χ4v) is 3.01. The molecular weight excluding hydrogens is 298 g/mol. The minimum atomic E-state index is 0.284.